The Morgan fingerprint density at radius 1 is 0.857 bits per heavy atom. The minimum Gasteiger partial charge on any atom is -0.465 e. The van der Waals surface area contributed by atoms with E-state index in [4.69, 9.17) is 4.74 Å². The van der Waals surface area contributed by atoms with Crippen molar-refractivity contribution in [2.45, 2.75) is 0 Å². The number of esters is 1. The highest BCUT2D eigenvalue weighted by atomic mass is 16.5. The van der Waals surface area contributed by atoms with Crippen LogP contribution in [0.15, 0.2) is 48.5 Å². The largest absolute Gasteiger partial charge is 0.465 e. The SMILES string of the molecule is COC(=O)c1ccc(NC(=O)c2ccc(NC(=O)N3CCOCC3)cc2)cc1. The Hall–Kier alpha value is -3.39. The van der Waals surface area contributed by atoms with E-state index in [-0.39, 0.29) is 11.9 Å². The highest BCUT2D eigenvalue weighted by molar-refractivity contribution is 6.04. The van der Waals surface area contributed by atoms with Gasteiger partial charge in [0, 0.05) is 30.0 Å². The van der Waals surface area contributed by atoms with Gasteiger partial charge in [-0.1, -0.05) is 0 Å². The summed E-state index contributed by atoms with van der Waals surface area (Å²) in [5.41, 5.74) is 2.01. The van der Waals surface area contributed by atoms with Crippen LogP contribution >= 0.6 is 0 Å². The van der Waals surface area contributed by atoms with Crippen molar-refractivity contribution in [3.8, 4) is 0 Å². The zero-order valence-electron chi connectivity index (χ0n) is 15.4. The fourth-order valence-electron chi connectivity index (χ4n) is 2.68. The van der Waals surface area contributed by atoms with Crippen LogP contribution in [0.4, 0.5) is 16.2 Å². The maximum absolute atomic E-state index is 12.4. The molecule has 0 unspecified atom stereocenters. The molecule has 28 heavy (non-hydrogen) atoms. The van der Waals surface area contributed by atoms with E-state index in [9.17, 15) is 14.4 Å². The molecule has 0 spiro atoms. The fourth-order valence-corrected chi connectivity index (χ4v) is 2.68. The first-order valence-corrected chi connectivity index (χ1v) is 8.80. The lowest BCUT2D eigenvalue weighted by Gasteiger charge is -2.26. The van der Waals surface area contributed by atoms with E-state index in [1.54, 1.807) is 53.4 Å². The lowest BCUT2D eigenvalue weighted by Crippen LogP contribution is -2.43. The van der Waals surface area contributed by atoms with Gasteiger partial charge in [0.15, 0.2) is 0 Å². The van der Waals surface area contributed by atoms with Gasteiger partial charge in [-0.3, -0.25) is 4.79 Å². The Bertz CT molecular complexity index is 843. The van der Waals surface area contributed by atoms with E-state index >= 15 is 0 Å². The van der Waals surface area contributed by atoms with Gasteiger partial charge in [-0.25, -0.2) is 9.59 Å². The second-order valence-electron chi connectivity index (χ2n) is 6.13. The summed E-state index contributed by atoms with van der Waals surface area (Å²) >= 11 is 0. The molecule has 0 radical (unpaired) electrons. The van der Waals surface area contributed by atoms with Gasteiger partial charge in [0.25, 0.3) is 5.91 Å². The van der Waals surface area contributed by atoms with Crippen LogP contribution in [0.5, 0.6) is 0 Å². The number of benzene rings is 2. The van der Waals surface area contributed by atoms with Gasteiger partial charge in [-0.2, -0.15) is 0 Å². The van der Waals surface area contributed by atoms with E-state index in [0.29, 0.717) is 48.8 Å². The molecule has 146 valence electrons. The van der Waals surface area contributed by atoms with Crippen molar-refractivity contribution in [2.24, 2.45) is 0 Å². The number of carbonyl (C=O) groups is 3. The van der Waals surface area contributed by atoms with Gasteiger partial charge in [-0.15, -0.1) is 0 Å². The number of rotatable bonds is 4. The molecule has 3 amide bonds. The number of methoxy groups -OCH3 is 1. The second-order valence-corrected chi connectivity index (χ2v) is 6.13. The number of hydrogen-bond donors (Lipinski definition) is 2. The Morgan fingerprint density at radius 3 is 1.96 bits per heavy atom. The van der Waals surface area contributed by atoms with Crippen LogP contribution in [-0.2, 0) is 9.47 Å². The first kappa shape index (κ1) is 19.4. The zero-order valence-corrected chi connectivity index (χ0v) is 15.4. The molecule has 0 aromatic heterocycles. The maximum atomic E-state index is 12.4. The number of ether oxygens (including phenoxy) is 2. The van der Waals surface area contributed by atoms with Gasteiger partial charge in [0.2, 0.25) is 0 Å². The van der Waals surface area contributed by atoms with E-state index in [1.165, 1.54) is 7.11 Å². The molecular weight excluding hydrogens is 362 g/mol. The summed E-state index contributed by atoms with van der Waals surface area (Å²) in [5.74, 6) is -0.732. The van der Waals surface area contributed by atoms with Crippen molar-refractivity contribution in [1.29, 1.82) is 0 Å². The van der Waals surface area contributed by atoms with Crippen LogP contribution in [0, 0.1) is 0 Å². The molecule has 3 rings (SSSR count). The van der Waals surface area contributed by atoms with E-state index in [2.05, 4.69) is 15.4 Å². The summed E-state index contributed by atoms with van der Waals surface area (Å²) in [7, 11) is 1.31. The number of urea groups is 1. The van der Waals surface area contributed by atoms with Gasteiger partial charge in [0.1, 0.15) is 0 Å². The third kappa shape index (κ3) is 4.86. The summed E-state index contributed by atoms with van der Waals surface area (Å²) in [6.45, 7) is 2.18. The standard InChI is InChI=1S/C20H21N3O5/c1-27-19(25)15-4-8-16(9-5-15)21-18(24)14-2-6-17(7-3-14)22-20(26)23-10-12-28-13-11-23/h2-9H,10-13H2,1H3,(H,21,24)(H,22,26). The highest BCUT2D eigenvalue weighted by Gasteiger charge is 2.17. The molecule has 2 N–H and O–H groups in total. The van der Waals surface area contributed by atoms with E-state index in [0.717, 1.165) is 0 Å². The second kappa shape index (κ2) is 9.01. The first-order chi connectivity index (χ1) is 13.6. The summed E-state index contributed by atoms with van der Waals surface area (Å²) in [6.07, 6.45) is 0. The smallest absolute Gasteiger partial charge is 0.337 e. The van der Waals surface area contributed by atoms with Crippen LogP contribution in [0.1, 0.15) is 20.7 Å². The predicted molar refractivity (Wildman–Crippen MR) is 104 cm³/mol. The molecule has 0 bridgehead atoms. The average Bonchev–Trinajstić information content (AvgIpc) is 2.74. The number of nitrogens with one attached hydrogen (secondary N) is 2. The van der Waals surface area contributed by atoms with Crippen LogP contribution in [-0.4, -0.2) is 56.2 Å². The van der Waals surface area contributed by atoms with Crippen molar-refractivity contribution in [1.82, 2.24) is 4.90 Å². The summed E-state index contributed by atoms with van der Waals surface area (Å²) in [4.78, 5) is 37.6. The van der Waals surface area contributed by atoms with Crippen molar-refractivity contribution >= 4 is 29.3 Å². The lowest BCUT2D eigenvalue weighted by molar-refractivity contribution is 0.0564. The Kier molecular flexibility index (Phi) is 6.23. The molecule has 1 fully saturated rings. The molecule has 0 atom stereocenters. The molecule has 2 aromatic rings. The molecule has 1 aliphatic rings. The number of hydrogen-bond acceptors (Lipinski definition) is 5. The fraction of sp³-hybridized carbons (Fsp3) is 0.250. The van der Waals surface area contributed by atoms with E-state index < -0.39 is 5.97 Å². The monoisotopic (exact) mass is 383 g/mol. The molecule has 0 saturated carbocycles. The number of nitrogens with zero attached hydrogens (tertiary/aromatic N) is 1. The first-order valence-electron chi connectivity index (χ1n) is 8.80. The molecule has 1 heterocycles. The maximum Gasteiger partial charge on any atom is 0.337 e. The predicted octanol–water partition coefficient (Wildman–Crippen LogP) is 2.59. The molecule has 8 heteroatoms. The normalized spacial score (nSPS) is 13.5. The van der Waals surface area contributed by atoms with Crippen molar-refractivity contribution in [2.75, 3.05) is 44.0 Å². The number of amides is 3. The molecule has 2 aromatic carbocycles. The quantitative estimate of drug-likeness (QED) is 0.791. The topological polar surface area (TPSA) is 97.0 Å². The van der Waals surface area contributed by atoms with Gasteiger partial charge < -0.3 is 25.0 Å². The van der Waals surface area contributed by atoms with Gasteiger partial charge in [-0.05, 0) is 48.5 Å². The Labute approximate surface area is 162 Å². The highest BCUT2D eigenvalue weighted by Crippen LogP contribution is 2.15. The van der Waals surface area contributed by atoms with Crippen molar-refractivity contribution in [3.63, 3.8) is 0 Å². The van der Waals surface area contributed by atoms with Crippen LogP contribution in [0.25, 0.3) is 0 Å². The van der Waals surface area contributed by atoms with Gasteiger partial charge >= 0.3 is 12.0 Å². The Balaban J connectivity index is 1.57. The molecule has 1 saturated heterocycles. The summed E-state index contributed by atoms with van der Waals surface area (Å²) in [6, 6.07) is 12.8. The summed E-state index contributed by atoms with van der Waals surface area (Å²) < 4.78 is 9.86. The number of anilines is 2. The average molecular weight is 383 g/mol. The third-order valence-corrected chi connectivity index (χ3v) is 4.26. The zero-order chi connectivity index (χ0) is 19.9. The van der Waals surface area contributed by atoms with Crippen LogP contribution in [0.3, 0.4) is 0 Å². The van der Waals surface area contributed by atoms with Crippen molar-refractivity contribution in [3.05, 3.63) is 59.7 Å². The minimum absolute atomic E-state index is 0.189. The van der Waals surface area contributed by atoms with Gasteiger partial charge in [0.05, 0.1) is 25.9 Å². The van der Waals surface area contributed by atoms with E-state index in [1.807, 2.05) is 0 Å². The van der Waals surface area contributed by atoms with Crippen LogP contribution in [0.2, 0.25) is 0 Å². The molecule has 8 nitrogen and oxygen atoms in total. The molecular formula is C20H21N3O5. The Morgan fingerprint density at radius 2 is 1.39 bits per heavy atom. The summed E-state index contributed by atoms with van der Waals surface area (Å²) in [5, 5.41) is 5.56. The van der Waals surface area contributed by atoms with Crippen molar-refractivity contribution < 1.29 is 23.9 Å². The lowest BCUT2D eigenvalue weighted by atomic mass is 10.1. The molecule has 0 aliphatic carbocycles. The third-order valence-electron chi connectivity index (χ3n) is 4.26. The van der Waals surface area contributed by atoms with Crippen LogP contribution < -0.4 is 10.6 Å². The number of carbonyl (C=O) groups excluding carboxylic acids is 3. The number of morpholine rings is 1. The minimum atomic E-state index is -0.437. The molecule has 1 aliphatic heterocycles.